The standard InChI is InChI=1S/C18H19F3N4O/c19-18(20,21)7-5-14-24-15-16(25(14)9-11-6-8-26-10-11)12-3-1-2-4-13(12)23-17(15)22/h1-4,11H,5-10H2,(H2,22,23). The van der Waals surface area contributed by atoms with Crippen molar-refractivity contribution in [3.63, 3.8) is 0 Å². The normalized spacial score (nSPS) is 18.2. The fourth-order valence-corrected chi connectivity index (χ4v) is 3.53. The summed E-state index contributed by atoms with van der Waals surface area (Å²) in [5.41, 5.74) is 8.01. The first kappa shape index (κ1) is 17.1. The van der Waals surface area contributed by atoms with Crippen LogP contribution in [-0.2, 0) is 17.7 Å². The topological polar surface area (TPSA) is 66.0 Å². The molecule has 1 aromatic carbocycles. The van der Waals surface area contributed by atoms with E-state index >= 15 is 0 Å². The minimum atomic E-state index is -4.23. The Hall–Kier alpha value is -2.35. The number of rotatable bonds is 4. The van der Waals surface area contributed by atoms with Gasteiger partial charge in [-0.1, -0.05) is 18.2 Å². The van der Waals surface area contributed by atoms with E-state index in [2.05, 4.69) is 9.97 Å². The zero-order valence-electron chi connectivity index (χ0n) is 14.1. The molecule has 0 radical (unpaired) electrons. The molecule has 4 rings (SSSR count). The number of fused-ring (bicyclic) bond motifs is 3. The lowest BCUT2D eigenvalue weighted by Gasteiger charge is -2.15. The highest BCUT2D eigenvalue weighted by Gasteiger charge is 2.29. The van der Waals surface area contributed by atoms with Gasteiger partial charge in [0.2, 0.25) is 0 Å². The molecule has 138 valence electrons. The number of nitrogen functional groups attached to an aromatic ring is 1. The summed E-state index contributed by atoms with van der Waals surface area (Å²) >= 11 is 0. The van der Waals surface area contributed by atoms with Crippen molar-refractivity contribution in [2.24, 2.45) is 5.92 Å². The first-order valence-electron chi connectivity index (χ1n) is 8.60. The van der Waals surface area contributed by atoms with Crippen molar-refractivity contribution in [3.8, 4) is 0 Å². The molecule has 0 spiro atoms. The lowest BCUT2D eigenvalue weighted by molar-refractivity contribution is -0.134. The van der Waals surface area contributed by atoms with Crippen LogP contribution < -0.4 is 5.73 Å². The van der Waals surface area contributed by atoms with Crippen LogP contribution in [0.1, 0.15) is 18.7 Å². The summed E-state index contributed by atoms with van der Waals surface area (Å²) in [6.45, 7) is 1.85. The van der Waals surface area contributed by atoms with Gasteiger partial charge >= 0.3 is 6.18 Å². The van der Waals surface area contributed by atoms with E-state index < -0.39 is 12.6 Å². The third-order valence-corrected chi connectivity index (χ3v) is 4.79. The second-order valence-electron chi connectivity index (χ2n) is 6.69. The van der Waals surface area contributed by atoms with Crippen LogP contribution in [0.3, 0.4) is 0 Å². The molecule has 3 aromatic rings. The van der Waals surface area contributed by atoms with E-state index in [1.165, 1.54) is 0 Å². The number of nitrogens with zero attached hydrogens (tertiary/aromatic N) is 3. The number of anilines is 1. The average Bonchev–Trinajstić information content (AvgIpc) is 3.22. The smallest absolute Gasteiger partial charge is 0.382 e. The Labute approximate surface area is 148 Å². The van der Waals surface area contributed by atoms with E-state index in [4.69, 9.17) is 10.5 Å². The summed E-state index contributed by atoms with van der Waals surface area (Å²) in [5.74, 6) is 0.896. The Bertz CT molecular complexity index is 945. The Morgan fingerprint density at radius 1 is 1.23 bits per heavy atom. The van der Waals surface area contributed by atoms with Gasteiger partial charge < -0.3 is 15.0 Å². The number of aromatic nitrogens is 3. The number of aryl methyl sites for hydroxylation is 1. The lowest BCUT2D eigenvalue weighted by Crippen LogP contribution is -2.16. The van der Waals surface area contributed by atoms with Crippen LogP contribution in [0.4, 0.5) is 19.0 Å². The van der Waals surface area contributed by atoms with Gasteiger partial charge in [0, 0.05) is 30.9 Å². The highest BCUT2D eigenvalue weighted by Crippen LogP contribution is 2.32. The molecule has 1 fully saturated rings. The monoisotopic (exact) mass is 364 g/mol. The number of hydrogen-bond acceptors (Lipinski definition) is 4. The molecule has 2 aromatic heterocycles. The first-order chi connectivity index (χ1) is 12.4. The SMILES string of the molecule is Nc1nc2ccccc2c2c1nc(CCC(F)(F)F)n2CC1CCOC1. The summed E-state index contributed by atoms with van der Waals surface area (Å²) in [6.07, 6.45) is -4.44. The molecule has 1 saturated heterocycles. The quantitative estimate of drug-likeness (QED) is 0.767. The number of hydrogen-bond donors (Lipinski definition) is 1. The number of halogens is 3. The van der Waals surface area contributed by atoms with Crippen LogP contribution in [0.5, 0.6) is 0 Å². The van der Waals surface area contributed by atoms with Crippen LogP contribution in [0.15, 0.2) is 24.3 Å². The number of para-hydroxylation sites is 1. The maximum Gasteiger partial charge on any atom is 0.389 e. The Morgan fingerprint density at radius 3 is 2.77 bits per heavy atom. The van der Waals surface area contributed by atoms with E-state index in [-0.39, 0.29) is 18.2 Å². The van der Waals surface area contributed by atoms with Gasteiger partial charge in [0.05, 0.1) is 24.1 Å². The lowest BCUT2D eigenvalue weighted by atomic mass is 10.1. The largest absolute Gasteiger partial charge is 0.389 e. The van der Waals surface area contributed by atoms with Crippen molar-refractivity contribution in [2.75, 3.05) is 18.9 Å². The van der Waals surface area contributed by atoms with Gasteiger partial charge in [0.15, 0.2) is 5.82 Å². The molecule has 0 amide bonds. The van der Waals surface area contributed by atoms with E-state index in [0.717, 1.165) is 17.3 Å². The van der Waals surface area contributed by atoms with Gasteiger partial charge in [-0.25, -0.2) is 9.97 Å². The summed E-state index contributed by atoms with van der Waals surface area (Å²) in [6, 6.07) is 7.49. The summed E-state index contributed by atoms with van der Waals surface area (Å²) in [4.78, 5) is 8.80. The van der Waals surface area contributed by atoms with Gasteiger partial charge in [-0.3, -0.25) is 0 Å². The van der Waals surface area contributed by atoms with E-state index in [1.807, 2.05) is 28.8 Å². The van der Waals surface area contributed by atoms with Crippen LogP contribution in [-0.4, -0.2) is 33.9 Å². The molecule has 8 heteroatoms. The van der Waals surface area contributed by atoms with Crippen LogP contribution >= 0.6 is 0 Å². The molecule has 0 aliphatic carbocycles. The van der Waals surface area contributed by atoms with Gasteiger partial charge in [-0.05, 0) is 12.5 Å². The summed E-state index contributed by atoms with van der Waals surface area (Å²) in [5, 5.41) is 0.848. The molecule has 3 heterocycles. The summed E-state index contributed by atoms with van der Waals surface area (Å²) in [7, 11) is 0. The van der Waals surface area contributed by atoms with Gasteiger partial charge in [0.25, 0.3) is 0 Å². The molecule has 5 nitrogen and oxygen atoms in total. The molecule has 0 saturated carbocycles. The fraction of sp³-hybridized carbons (Fsp3) is 0.444. The number of ether oxygens (including phenoxy) is 1. The Balaban J connectivity index is 1.88. The van der Waals surface area contributed by atoms with Crippen LogP contribution in [0.2, 0.25) is 0 Å². The van der Waals surface area contributed by atoms with Crippen molar-refractivity contribution >= 4 is 27.8 Å². The number of benzene rings is 1. The van der Waals surface area contributed by atoms with Crippen molar-refractivity contribution in [3.05, 3.63) is 30.1 Å². The first-order valence-corrected chi connectivity index (χ1v) is 8.60. The second-order valence-corrected chi connectivity index (χ2v) is 6.69. The Kier molecular flexibility index (Phi) is 4.22. The van der Waals surface area contributed by atoms with Crippen LogP contribution in [0.25, 0.3) is 21.9 Å². The molecular formula is C18H19F3N4O. The highest BCUT2D eigenvalue weighted by atomic mass is 19.4. The van der Waals surface area contributed by atoms with Gasteiger partial charge in [-0.2, -0.15) is 13.2 Å². The maximum atomic E-state index is 12.8. The molecular weight excluding hydrogens is 345 g/mol. The molecule has 0 bridgehead atoms. The zero-order chi connectivity index (χ0) is 18.3. The molecule has 2 N–H and O–H groups in total. The summed E-state index contributed by atoms with van der Waals surface area (Å²) < 4.78 is 45.6. The molecule has 1 atom stereocenters. The van der Waals surface area contributed by atoms with E-state index in [0.29, 0.717) is 36.6 Å². The van der Waals surface area contributed by atoms with Gasteiger partial charge in [0.1, 0.15) is 11.3 Å². The van der Waals surface area contributed by atoms with Crippen molar-refractivity contribution in [2.45, 2.75) is 32.0 Å². The van der Waals surface area contributed by atoms with Gasteiger partial charge in [-0.15, -0.1) is 0 Å². The number of imidazole rings is 1. The van der Waals surface area contributed by atoms with E-state index in [9.17, 15) is 13.2 Å². The highest BCUT2D eigenvalue weighted by molar-refractivity contribution is 6.06. The predicted octanol–water partition coefficient (Wildman–Crippen LogP) is 3.70. The molecule has 26 heavy (non-hydrogen) atoms. The number of pyridine rings is 1. The number of alkyl halides is 3. The van der Waals surface area contributed by atoms with E-state index in [1.54, 1.807) is 0 Å². The molecule has 1 aliphatic rings. The predicted molar refractivity (Wildman–Crippen MR) is 92.7 cm³/mol. The third-order valence-electron chi connectivity index (χ3n) is 4.79. The molecule has 1 unspecified atom stereocenters. The fourth-order valence-electron chi connectivity index (χ4n) is 3.53. The Morgan fingerprint density at radius 2 is 2.04 bits per heavy atom. The number of nitrogens with two attached hydrogens (primary N) is 1. The zero-order valence-corrected chi connectivity index (χ0v) is 14.1. The minimum absolute atomic E-state index is 0.181. The third kappa shape index (κ3) is 3.21. The van der Waals surface area contributed by atoms with Crippen LogP contribution in [0, 0.1) is 5.92 Å². The van der Waals surface area contributed by atoms with Crippen molar-refractivity contribution < 1.29 is 17.9 Å². The average molecular weight is 364 g/mol. The van der Waals surface area contributed by atoms with Crippen molar-refractivity contribution in [1.82, 2.24) is 14.5 Å². The maximum absolute atomic E-state index is 12.8. The second kappa shape index (κ2) is 6.42. The molecule has 1 aliphatic heterocycles. The van der Waals surface area contributed by atoms with Crippen molar-refractivity contribution in [1.29, 1.82) is 0 Å². The minimum Gasteiger partial charge on any atom is -0.382 e.